The number of anilines is 1. The van der Waals surface area contributed by atoms with Crippen LogP contribution in [-0.4, -0.2) is 29.7 Å². The van der Waals surface area contributed by atoms with Gasteiger partial charge in [-0.15, -0.1) is 0 Å². The van der Waals surface area contributed by atoms with Crippen molar-refractivity contribution >= 4 is 5.95 Å². The highest BCUT2D eigenvalue weighted by molar-refractivity contribution is 5.24. The van der Waals surface area contributed by atoms with Gasteiger partial charge >= 0.3 is 0 Å². The highest BCUT2D eigenvalue weighted by atomic mass is 16.5. The molecule has 0 bridgehead atoms. The highest BCUT2D eigenvalue weighted by Gasteiger charge is 1.94. The van der Waals surface area contributed by atoms with Crippen molar-refractivity contribution in [3.63, 3.8) is 0 Å². The summed E-state index contributed by atoms with van der Waals surface area (Å²) in [6.45, 7) is 6.57. The molecule has 0 aliphatic carbocycles. The van der Waals surface area contributed by atoms with Crippen LogP contribution in [0.5, 0.6) is 0 Å². The second-order valence-electron chi connectivity index (χ2n) is 3.41. The lowest BCUT2D eigenvalue weighted by atomic mass is 10.4. The molecule has 0 atom stereocenters. The first-order valence-corrected chi connectivity index (χ1v) is 5.44. The van der Waals surface area contributed by atoms with Gasteiger partial charge < -0.3 is 10.1 Å². The normalized spacial score (nSPS) is 10.3. The Morgan fingerprint density at radius 2 is 2.27 bits per heavy atom. The van der Waals surface area contributed by atoms with E-state index in [0.717, 1.165) is 38.3 Å². The van der Waals surface area contributed by atoms with Gasteiger partial charge in [-0.1, -0.05) is 6.92 Å². The van der Waals surface area contributed by atoms with Gasteiger partial charge in [0.2, 0.25) is 5.95 Å². The number of aryl methyl sites for hydroxylation is 1. The number of ether oxygens (including phenoxy) is 1. The summed E-state index contributed by atoms with van der Waals surface area (Å²) in [7, 11) is 0. The Labute approximate surface area is 91.1 Å². The summed E-state index contributed by atoms with van der Waals surface area (Å²) in [6.07, 6.45) is 3.82. The monoisotopic (exact) mass is 209 g/mol. The summed E-state index contributed by atoms with van der Waals surface area (Å²) in [4.78, 5) is 8.35. The SMILES string of the molecule is CCCOCCCNc1nccc(C)n1. The van der Waals surface area contributed by atoms with Crippen LogP contribution in [0.3, 0.4) is 0 Å². The van der Waals surface area contributed by atoms with Crippen molar-refractivity contribution in [2.24, 2.45) is 0 Å². The molecule has 0 saturated heterocycles. The quantitative estimate of drug-likeness (QED) is 0.698. The van der Waals surface area contributed by atoms with E-state index < -0.39 is 0 Å². The summed E-state index contributed by atoms with van der Waals surface area (Å²) in [5.74, 6) is 0.700. The number of nitrogens with zero attached hydrogens (tertiary/aromatic N) is 2. The van der Waals surface area contributed by atoms with Crippen LogP contribution < -0.4 is 5.32 Å². The summed E-state index contributed by atoms with van der Waals surface area (Å²) < 4.78 is 5.36. The smallest absolute Gasteiger partial charge is 0.222 e. The van der Waals surface area contributed by atoms with Crippen molar-refractivity contribution in [1.29, 1.82) is 0 Å². The molecule has 0 aliphatic heterocycles. The van der Waals surface area contributed by atoms with E-state index in [2.05, 4.69) is 22.2 Å². The van der Waals surface area contributed by atoms with Crippen LogP contribution >= 0.6 is 0 Å². The van der Waals surface area contributed by atoms with Gasteiger partial charge in [0.1, 0.15) is 0 Å². The molecule has 84 valence electrons. The molecule has 0 aromatic carbocycles. The predicted octanol–water partition coefficient (Wildman–Crippen LogP) is 2.01. The first kappa shape index (κ1) is 11.9. The first-order chi connectivity index (χ1) is 7.33. The largest absolute Gasteiger partial charge is 0.381 e. The number of rotatable bonds is 7. The van der Waals surface area contributed by atoms with E-state index in [-0.39, 0.29) is 0 Å². The Bertz CT molecular complexity index is 278. The zero-order valence-electron chi connectivity index (χ0n) is 9.49. The zero-order valence-corrected chi connectivity index (χ0v) is 9.49. The third kappa shape index (κ3) is 5.32. The average Bonchev–Trinajstić information content (AvgIpc) is 2.23. The maximum absolute atomic E-state index is 5.36. The van der Waals surface area contributed by atoms with Crippen LogP contribution in [0.25, 0.3) is 0 Å². The minimum Gasteiger partial charge on any atom is -0.381 e. The van der Waals surface area contributed by atoms with Gasteiger partial charge in [-0.05, 0) is 25.8 Å². The van der Waals surface area contributed by atoms with Gasteiger partial charge in [-0.3, -0.25) is 0 Å². The molecule has 1 aromatic rings. The lowest BCUT2D eigenvalue weighted by Crippen LogP contribution is -2.08. The second-order valence-corrected chi connectivity index (χ2v) is 3.41. The van der Waals surface area contributed by atoms with Crippen molar-refractivity contribution in [2.75, 3.05) is 25.1 Å². The minimum absolute atomic E-state index is 0.700. The van der Waals surface area contributed by atoms with E-state index >= 15 is 0 Å². The van der Waals surface area contributed by atoms with E-state index in [9.17, 15) is 0 Å². The van der Waals surface area contributed by atoms with Gasteiger partial charge in [0.15, 0.2) is 0 Å². The van der Waals surface area contributed by atoms with E-state index in [1.165, 1.54) is 0 Å². The molecule has 1 heterocycles. The molecule has 0 aliphatic rings. The molecule has 0 saturated carbocycles. The van der Waals surface area contributed by atoms with Crippen LogP contribution in [-0.2, 0) is 4.74 Å². The van der Waals surface area contributed by atoms with Crippen LogP contribution in [0, 0.1) is 6.92 Å². The van der Waals surface area contributed by atoms with Gasteiger partial charge in [-0.2, -0.15) is 0 Å². The molecule has 1 rings (SSSR count). The summed E-state index contributed by atoms with van der Waals surface area (Å²) in [6, 6.07) is 1.88. The Hall–Kier alpha value is -1.16. The molecular weight excluding hydrogens is 190 g/mol. The van der Waals surface area contributed by atoms with E-state index in [0.29, 0.717) is 5.95 Å². The maximum Gasteiger partial charge on any atom is 0.222 e. The number of aromatic nitrogens is 2. The summed E-state index contributed by atoms with van der Waals surface area (Å²) in [5, 5.41) is 3.16. The second kappa shape index (κ2) is 7.17. The van der Waals surface area contributed by atoms with Crippen molar-refractivity contribution in [3.8, 4) is 0 Å². The van der Waals surface area contributed by atoms with Crippen LogP contribution in [0.2, 0.25) is 0 Å². The summed E-state index contributed by atoms with van der Waals surface area (Å²) >= 11 is 0. The molecule has 0 unspecified atom stereocenters. The van der Waals surface area contributed by atoms with Crippen molar-refractivity contribution in [1.82, 2.24) is 9.97 Å². The molecule has 15 heavy (non-hydrogen) atoms. The standard InChI is InChI=1S/C11H19N3O/c1-3-8-15-9-4-6-12-11-13-7-5-10(2)14-11/h5,7H,3-4,6,8-9H2,1-2H3,(H,12,13,14). The fraction of sp³-hybridized carbons (Fsp3) is 0.636. The minimum atomic E-state index is 0.700. The fourth-order valence-corrected chi connectivity index (χ4v) is 1.15. The van der Waals surface area contributed by atoms with E-state index in [1.807, 2.05) is 13.0 Å². The first-order valence-electron chi connectivity index (χ1n) is 5.44. The molecule has 0 radical (unpaired) electrons. The molecule has 4 nitrogen and oxygen atoms in total. The number of hydrogen-bond acceptors (Lipinski definition) is 4. The van der Waals surface area contributed by atoms with Crippen molar-refractivity contribution < 1.29 is 4.74 Å². The zero-order chi connectivity index (χ0) is 10.9. The van der Waals surface area contributed by atoms with Crippen molar-refractivity contribution in [2.45, 2.75) is 26.7 Å². The number of hydrogen-bond donors (Lipinski definition) is 1. The van der Waals surface area contributed by atoms with Crippen LogP contribution in [0.15, 0.2) is 12.3 Å². The van der Waals surface area contributed by atoms with Gasteiger partial charge in [-0.25, -0.2) is 9.97 Å². The third-order valence-corrected chi connectivity index (χ3v) is 1.89. The molecule has 0 amide bonds. The molecule has 0 fully saturated rings. The third-order valence-electron chi connectivity index (χ3n) is 1.89. The lowest BCUT2D eigenvalue weighted by Gasteiger charge is -2.05. The van der Waals surface area contributed by atoms with Crippen LogP contribution in [0.4, 0.5) is 5.95 Å². The van der Waals surface area contributed by atoms with E-state index in [1.54, 1.807) is 6.20 Å². The predicted molar refractivity (Wildman–Crippen MR) is 61.0 cm³/mol. The topological polar surface area (TPSA) is 47.0 Å². The van der Waals surface area contributed by atoms with Gasteiger partial charge in [0.05, 0.1) is 0 Å². The Morgan fingerprint density at radius 1 is 1.40 bits per heavy atom. The van der Waals surface area contributed by atoms with Gasteiger partial charge in [0, 0.05) is 31.6 Å². The van der Waals surface area contributed by atoms with Crippen molar-refractivity contribution in [3.05, 3.63) is 18.0 Å². The fourth-order valence-electron chi connectivity index (χ4n) is 1.15. The lowest BCUT2D eigenvalue weighted by molar-refractivity contribution is 0.134. The summed E-state index contributed by atoms with van der Waals surface area (Å²) in [5.41, 5.74) is 0.981. The Kier molecular flexibility index (Phi) is 5.70. The molecule has 1 N–H and O–H groups in total. The molecule has 0 spiro atoms. The Morgan fingerprint density at radius 3 is 3.00 bits per heavy atom. The number of nitrogens with one attached hydrogen (secondary N) is 1. The van der Waals surface area contributed by atoms with Crippen LogP contribution in [0.1, 0.15) is 25.5 Å². The Balaban J connectivity index is 2.10. The molecule has 4 heteroatoms. The molecule has 1 aromatic heterocycles. The maximum atomic E-state index is 5.36. The van der Waals surface area contributed by atoms with Gasteiger partial charge in [0.25, 0.3) is 0 Å². The highest BCUT2D eigenvalue weighted by Crippen LogP contribution is 1.98. The average molecular weight is 209 g/mol. The molecular formula is C11H19N3O. The van der Waals surface area contributed by atoms with E-state index in [4.69, 9.17) is 4.74 Å².